The molecule has 0 saturated carbocycles. The molecule has 34 heavy (non-hydrogen) atoms. The summed E-state index contributed by atoms with van der Waals surface area (Å²) in [5.74, 6) is -3.96. The van der Waals surface area contributed by atoms with Crippen molar-refractivity contribution in [1.82, 2.24) is 25.9 Å². The van der Waals surface area contributed by atoms with Gasteiger partial charge >= 0.3 is 5.97 Å². The van der Waals surface area contributed by atoms with Crippen molar-refractivity contribution in [2.24, 2.45) is 11.5 Å². The first kappa shape index (κ1) is 28.9. The van der Waals surface area contributed by atoms with Gasteiger partial charge in [0.1, 0.15) is 18.1 Å². The van der Waals surface area contributed by atoms with Crippen molar-refractivity contribution in [1.29, 1.82) is 0 Å². The van der Waals surface area contributed by atoms with Crippen molar-refractivity contribution in [3.8, 4) is 0 Å². The van der Waals surface area contributed by atoms with E-state index in [9.17, 15) is 24.0 Å². The number of carbonyl (C=O) groups is 5. The molecule has 0 aliphatic carbocycles. The van der Waals surface area contributed by atoms with Gasteiger partial charge in [-0.15, -0.1) is 0 Å². The monoisotopic (exact) mass is 501 g/mol. The molecular weight excluding hydrogens is 470 g/mol. The third kappa shape index (κ3) is 10.2. The molecule has 4 amide bonds. The molecule has 15 heteroatoms. The Labute approximate surface area is 200 Å². The van der Waals surface area contributed by atoms with E-state index in [1.165, 1.54) is 24.3 Å². The van der Waals surface area contributed by atoms with E-state index in [1.807, 2.05) is 0 Å². The third-order valence-corrected chi connectivity index (χ3v) is 5.33. The molecule has 4 atom stereocenters. The predicted octanol–water partition coefficient (Wildman–Crippen LogP) is -3.17. The molecular formula is C19H31N7O7S. The second kappa shape index (κ2) is 14.9. The van der Waals surface area contributed by atoms with Gasteiger partial charge in [0.25, 0.3) is 0 Å². The topological polar surface area (TPSA) is 243 Å². The van der Waals surface area contributed by atoms with E-state index in [0.29, 0.717) is 11.4 Å². The van der Waals surface area contributed by atoms with Crippen LogP contribution in [0.4, 0.5) is 0 Å². The number of nitrogens with zero attached hydrogens (tertiary/aromatic N) is 1. The molecule has 1 aromatic heterocycles. The standard InChI is InChI=1S/C19H31N7O7S/c1-34-5-4-13(18(31)26-14(8-27)19(32)33)25-17(30)12(2-3-15(21)28)24-16(29)11(20)6-10-7-22-9-23-10/h7,9,11-14,27H,2-6,8,20H2,1H3,(H2,21,28)(H,22,23)(H,24,29)(H,25,30)(H,26,31)(H,32,33). The highest BCUT2D eigenvalue weighted by atomic mass is 32.2. The van der Waals surface area contributed by atoms with Crippen LogP contribution in [0.5, 0.6) is 0 Å². The lowest BCUT2D eigenvalue weighted by atomic mass is 10.1. The minimum absolute atomic E-state index is 0.118. The van der Waals surface area contributed by atoms with E-state index >= 15 is 0 Å². The van der Waals surface area contributed by atoms with Crippen LogP contribution in [-0.4, -0.2) is 92.6 Å². The number of aliphatic hydroxyl groups excluding tert-OH is 1. The molecule has 0 radical (unpaired) electrons. The fraction of sp³-hybridized carbons (Fsp3) is 0.579. The number of aliphatic hydroxyl groups is 1. The van der Waals surface area contributed by atoms with Crippen molar-refractivity contribution >= 4 is 41.4 Å². The van der Waals surface area contributed by atoms with Crippen molar-refractivity contribution in [2.75, 3.05) is 18.6 Å². The van der Waals surface area contributed by atoms with Crippen molar-refractivity contribution in [2.45, 2.75) is 49.9 Å². The first-order chi connectivity index (χ1) is 16.1. The van der Waals surface area contributed by atoms with Crippen LogP contribution in [0, 0.1) is 0 Å². The molecule has 0 fully saturated rings. The zero-order chi connectivity index (χ0) is 25.7. The highest BCUT2D eigenvalue weighted by molar-refractivity contribution is 7.98. The molecule has 0 bridgehead atoms. The Morgan fingerprint density at radius 1 is 1.06 bits per heavy atom. The van der Waals surface area contributed by atoms with E-state index in [2.05, 4.69) is 25.9 Å². The fourth-order valence-corrected chi connectivity index (χ4v) is 3.27. The fourth-order valence-electron chi connectivity index (χ4n) is 2.79. The number of hydrogen-bond acceptors (Lipinski definition) is 9. The Hall–Kier alpha value is -3.17. The number of carbonyl (C=O) groups excluding carboxylic acids is 4. The second-order valence-corrected chi connectivity index (χ2v) is 8.36. The summed E-state index contributed by atoms with van der Waals surface area (Å²) in [6.45, 7) is -0.838. The molecule has 14 nitrogen and oxygen atoms in total. The van der Waals surface area contributed by atoms with Gasteiger partial charge < -0.3 is 42.6 Å². The molecule has 0 aliphatic heterocycles. The lowest BCUT2D eigenvalue weighted by molar-refractivity contribution is -0.143. The van der Waals surface area contributed by atoms with Gasteiger partial charge in [0.15, 0.2) is 0 Å². The Kier molecular flexibility index (Phi) is 12.6. The van der Waals surface area contributed by atoms with Gasteiger partial charge in [0.05, 0.1) is 19.0 Å². The zero-order valence-corrected chi connectivity index (χ0v) is 19.5. The van der Waals surface area contributed by atoms with Crippen molar-refractivity contribution < 1.29 is 34.2 Å². The third-order valence-electron chi connectivity index (χ3n) is 4.68. The number of imidazole rings is 1. The Balaban J connectivity index is 2.92. The average Bonchev–Trinajstić information content (AvgIpc) is 3.29. The maximum atomic E-state index is 12.9. The maximum absolute atomic E-state index is 12.9. The number of nitrogens with two attached hydrogens (primary N) is 2. The number of nitrogens with one attached hydrogen (secondary N) is 4. The van der Waals surface area contributed by atoms with Crippen LogP contribution in [0.15, 0.2) is 12.5 Å². The minimum atomic E-state index is -1.55. The molecule has 1 rings (SSSR count). The molecule has 0 saturated heterocycles. The number of thioether (sulfide) groups is 1. The number of H-pyrrole nitrogens is 1. The van der Waals surface area contributed by atoms with Gasteiger partial charge in [-0.3, -0.25) is 19.2 Å². The number of carboxylic acids is 1. The van der Waals surface area contributed by atoms with Gasteiger partial charge in [0.2, 0.25) is 23.6 Å². The van der Waals surface area contributed by atoms with Crippen LogP contribution < -0.4 is 27.4 Å². The summed E-state index contributed by atoms with van der Waals surface area (Å²) in [6, 6.07) is -4.96. The van der Waals surface area contributed by atoms with Crippen molar-refractivity contribution in [3.63, 3.8) is 0 Å². The SMILES string of the molecule is CSCCC(NC(=O)C(CCC(N)=O)NC(=O)C(N)Cc1cnc[nH]1)C(=O)NC(CO)C(=O)O. The molecule has 10 N–H and O–H groups in total. The second-order valence-electron chi connectivity index (χ2n) is 7.38. The lowest BCUT2D eigenvalue weighted by Gasteiger charge is -2.24. The van der Waals surface area contributed by atoms with Crippen LogP contribution >= 0.6 is 11.8 Å². The summed E-state index contributed by atoms with van der Waals surface area (Å²) >= 11 is 1.39. The number of amides is 4. The highest BCUT2D eigenvalue weighted by Crippen LogP contribution is 2.06. The summed E-state index contributed by atoms with van der Waals surface area (Å²) in [6.07, 6.45) is 4.60. The first-order valence-corrected chi connectivity index (χ1v) is 11.7. The number of carboxylic acid groups (broad SMARTS) is 1. The molecule has 0 aliphatic rings. The zero-order valence-electron chi connectivity index (χ0n) is 18.7. The Morgan fingerprint density at radius 2 is 1.65 bits per heavy atom. The van der Waals surface area contributed by atoms with Crippen LogP contribution in [0.1, 0.15) is 25.0 Å². The van der Waals surface area contributed by atoms with Crippen LogP contribution in [0.2, 0.25) is 0 Å². The maximum Gasteiger partial charge on any atom is 0.328 e. The van der Waals surface area contributed by atoms with E-state index in [1.54, 1.807) is 6.26 Å². The molecule has 0 spiro atoms. The van der Waals surface area contributed by atoms with E-state index < -0.39 is 60.4 Å². The molecule has 4 unspecified atom stereocenters. The van der Waals surface area contributed by atoms with Gasteiger partial charge in [0, 0.05) is 24.7 Å². The van der Waals surface area contributed by atoms with Gasteiger partial charge in [-0.25, -0.2) is 9.78 Å². The van der Waals surface area contributed by atoms with Gasteiger partial charge in [-0.2, -0.15) is 11.8 Å². The first-order valence-electron chi connectivity index (χ1n) is 10.3. The summed E-state index contributed by atoms with van der Waals surface area (Å²) in [4.78, 5) is 67.0. The Morgan fingerprint density at radius 3 is 2.15 bits per heavy atom. The summed E-state index contributed by atoms with van der Waals surface area (Å²) < 4.78 is 0. The minimum Gasteiger partial charge on any atom is -0.480 e. The average molecular weight is 502 g/mol. The number of aromatic nitrogens is 2. The van der Waals surface area contributed by atoms with Gasteiger partial charge in [-0.05, 0) is 24.9 Å². The number of aromatic amines is 1. The van der Waals surface area contributed by atoms with Crippen LogP contribution in [-0.2, 0) is 30.4 Å². The van der Waals surface area contributed by atoms with E-state index in [0.717, 1.165) is 0 Å². The van der Waals surface area contributed by atoms with Gasteiger partial charge in [-0.1, -0.05) is 0 Å². The largest absolute Gasteiger partial charge is 0.480 e. The lowest BCUT2D eigenvalue weighted by Crippen LogP contribution is -2.57. The number of rotatable bonds is 16. The number of hydrogen-bond donors (Lipinski definition) is 8. The predicted molar refractivity (Wildman–Crippen MR) is 122 cm³/mol. The van der Waals surface area contributed by atoms with Crippen LogP contribution in [0.3, 0.4) is 0 Å². The molecule has 0 aromatic carbocycles. The molecule has 190 valence electrons. The smallest absolute Gasteiger partial charge is 0.328 e. The number of aliphatic carboxylic acids is 1. The van der Waals surface area contributed by atoms with Crippen LogP contribution in [0.25, 0.3) is 0 Å². The molecule has 1 heterocycles. The summed E-state index contributed by atoms with van der Waals surface area (Å²) in [5, 5.41) is 25.3. The van der Waals surface area contributed by atoms with E-state index in [4.69, 9.17) is 21.7 Å². The Bertz CT molecular complexity index is 837. The quantitative estimate of drug-likeness (QED) is 0.113. The summed E-state index contributed by atoms with van der Waals surface area (Å²) in [7, 11) is 0. The highest BCUT2D eigenvalue weighted by Gasteiger charge is 2.30. The van der Waals surface area contributed by atoms with E-state index in [-0.39, 0.29) is 25.7 Å². The van der Waals surface area contributed by atoms with Crippen molar-refractivity contribution in [3.05, 3.63) is 18.2 Å². The summed E-state index contributed by atoms with van der Waals surface area (Å²) in [5.41, 5.74) is 11.7. The normalized spacial score (nSPS) is 14.3. The molecule has 1 aromatic rings. The number of primary amides is 1.